The first-order valence-corrected chi connectivity index (χ1v) is 8.62. The Morgan fingerprint density at radius 3 is 1.32 bits per heavy atom. The van der Waals surface area contributed by atoms with Crippen LogP contribution < -0.4 is 5.32 Å². The normalized spacial score (nSPS) is 13.3. The van der Waals surface area contributed by atoms with Crippen LogP contribution in [0.2, 0.25) is 0 Å². The van der Waals surface area contributed by atoms with Crippen LogP contribution in [-0.2, 0) is 24.7 Å². The first-order valence-electron chi connectivity index (χ1n) is 8.62. The predicted molar refractivity (Wildman–Crippen MR) is 91.1 cm³/mol. The van der Waals surface area contributed by atoms with Crippen molar-refractivity contribution in [2.24, 2.45) is 0 Å². The Morgan fingerprint density at radius 1 is 0.559 bits per heavy atom. The monoisotopic (exact) mass is 508 g/mol. The molecule has 0 aliphatic heterocycles. The second-order valence-electron chi connectivity index (χ2n) is 6.71. The first kappa shape index (κ1) is 25.2. The number of benzene rings is 2. The summed E-state index contributed by atoms with van der Waals surface area (Å²) in [6.07, 6.45) is -20.2. The molecule has 0 amide bonds. The molecule has 0 atom stereocenters. The van der Waals surface area contributed by atoms with Gasteiger partial charge in [-0.25, -0.2) is 0 Å². The lowest BCUT2D eigenvalue weighted by Gasteiger charge is -2.17. The highest BCUT2D eigenvalue weighted by Gasteiger charge is 2.38. The first-order chi connectivity index (χ1) is 15.4. The van der Waals surface area contributed by atoms with Gasteiger partial charge in [-0.05, 0) is 36.4 Å². The van der Waals surface area contributed by atoms with Crippen LogP contribution in [0.5, 0.6) is 0 Å². The Kier molecular flexibility index (Phi) is 5.99. The number of hydrogen-bond donors (Lipinski definition) is 1. The molecule has 0 radical (unpaired) electrons. The summed E-state index contributed by atoms with van der Waals surface area (Å²) < 4.78 is 157. The molecule has 0 aliphatic rings. The highest BCUT2D eigenvalue weighted by molar-refractivity contribution is 5.59. The Morgan fingerprint density at radius 2 is 0.941 bits per heavy atom. The fraction of sp³-hybridized carbons (Fsp3) is 0.222. The van der Waals surface area contributed by atoms with E-state index >= 15 is 0 Å². The molecule has 1 heterocycles. The van der Waals surface area contributed by atoms with E-state index in [1.54, 1.807) is 0 Å². The van der Waals surface area contributed by atoms with Gasteiger partial charge in [-0.3, -0.25) is 4.57 Å². The minimum Gasteiger partial charge on any atom is -0.324 e. The van der Waals surface area contributed by atoms with Crippen molar-refractivity contribution >= 4 is 11.6 Å². The zero-order valence-electron chi connectivity index (χ0n) is 15.9. The largest absolute Gasteiger partial charge is 0.416 e. The standard InChI is InChI=1S/C18H8F12N4/c19-15(20,21)8-1-9(16(22,23)24)4-12(3-8)32-14-33-31-7-34(14)13-5-10(17(25,26)27)2-11(6-13)18(28,29)30/h1-7H,(H,32,33). The minimum absolute atomic E-state index is 0.163. The van der Waals surface area contributed by atoms with E-state index in [2.05, 4.69) is 10.2 Å². The van der Waals surface area contributed by atoms with Crippen LogP contribution in [0.25, 0.3) is 5.69 Å². The number of anilines is 2. The second-order valence-corrected chi connectivity index (χ2v) is 6.71. The summed E-state index contributed by atoms with van der Waals surface area (Å²) in [7, 11) is 0. The van der Waals surface area contributed by atoms with Crippen molar-refractivity contribution in [1.82, 2.24) is 14.8 Å². The number of hydrogen-bond acceptors (Lipinski definition) is 3. The van der Waals surface area contributed by atoms with E-state index in [1.165, 1.54) is 0 Å². The van der Waals surface area contributed by atoms with Crippen molar-refractivity contribution in [2.75, 3.05) is 5.32 Å². The Bertz CT molecular complexity index is 1120. The zero-order chi connectivity index (χ0) is 25.7. The number of halogens is 12. The van der Waals surface area contributed by atoms with Crippen molar-refractivity contribution in [3.8, 4) is 5.69 Å². The van der Waals surface area contributed by atoms with Gasteiger partial charge >= 0.3 is 24.7 Å². The average Bonchev–Trinajstić information content (AvgIpc) is 3.12. The quantitative estimate of drug-likeness (QED) is 0.385. The SMILES string of the molecule is FC(F)(F)c1cc(Nc2nncn2-c2cc(C(F)(F)F)cc(C(F)(F)F)c2)cc(C(F)(F)F)c1. The van der Waals surface area contributed by atoms with Crippen molar-refractivity contribution in [3.63, 3.8) is 0 Å². The van der Waals surface area contributed by atoms with E-state index in [-0.39, 0.29) is 36.4 Å². The molecule has 0 bridgehead atoms. The third-order valence-electron chi connectivity index (χ3n) is 4.24. The molecular formula is C18H8F12N4. The molecule has 2 aromatic carbocycles. The summed E-state index contributed by atoms with van der Waals surface area (Å²) in [6, 6.07) is 0.721. The lowest BCUT2D eigenvalue weighted by molar-refractivity contribution is -0.144. The second kappa shape index (κ2) is 8.09. The van der Waals surface area contributed by atoms with Gasteiger partial charge < -0.3 is 5.32 Å². The smallest absolute Gasteiger partial charge is 0.324 e. The molecule has 3 aromatic rings. The molecular weight excluding hydrogens is 500 g/mol. The van der Waals surface area contributed by atoms with Gasteiger partial charge in [-0.1, -0.05) is 0 Å². The van der Waals surface area contributed by atoms with Gasteiger partial charge in [-0.2, -0.15) is 52.7 Å². The molecule has 16 heteroatoms. The Labute approximate surface area is 180 Å². The molecule has 3 rings (SSSR count). The topological polar surface area (TPSA) is 42.7 Å². The van der Waals surface area contributed by atoms with E-state index in [4.69, 9.17) is 0 Å². The maximum Gasteiger partial charge on any atom is 0.416 e. The van der Waals surface area contributed by atoms with Crippen LogP contribution in [-0.4, -0.2) is 14.8 Å². The lowest BCUT2D eigenvalue weighted by atomic mass is 10.1. The fourth-order valence-corrected chi connectivity index (χ4v) is 2.74. The van der Waals surface area contributed by atoms with Gasteiger partial charge in [0.2, 0.25) is 5.95 Å². The highest BCUT2D eigenvalue weighted by atomic mass is 19.4. The van der Waals surface area contributed by atoms with Gasteiger partial charge in [-0.15, -0.1) is 10.2 Å². The van der Waals surface area contributed by atoms with Crippen molar-refractivity contribution < 1.29 is 52.7 Å². The van der Waals surface area contributed by atoms with Gasteiger partial charge in [0.25, 0.3) is 0 Å². The van der Waals surface area contributed by atoms with Crippen LogP contribution in [0.4, 0.5) is 64.3 Å². The van der Waals surface area contributed by atoms with E-state index < -0.39 is 64.3 Å². The van der Waals surface area contributed by atoms with Crippen molar-refractivity contribution in [1.29, 1.82) is 0 Å². The van der Waals surface area contributed by atoms with Gasteiger partial charge in [0.15, 0.2) is 0 Å². The number of alkyl halides is 12. The van der Waals surface area contributed by atoms with Gasteiger partial charge in [0, 0.05) is 5.69 Å². The van der Waals surface area contributed by atoms with E-state index in [0.29, 0.717) is 10.9 Å². The summed E-state index contributed by atoms with van der Waals surface area (Å²) in [6.45, 7) is 0. The number of nitrogens with zero attached hydrogens (tertiary/aromatic N) is 3. The third-order valence-corrected chi connectivity index (χ3v) is 4.24. The number of rotatable bonds is 3. The number of aromatic nitrogens is 3. The summed E-state index contributed by atoms with van der Waals surface area (Å²) in [4.78, 5) is 0. The summed E-state index contributed by atoms with van der Waals surface area (Å²) in [5.74, 6) is -0.750. The third kappa shape index (κ3) is 5.53. The predicted octanol–water partition coefficient (Wildman–Crippen LogP) is 7.09. The maximum atomic E-state index is 13.1. The summed E-state index contributed by atoms with van der Waals surface area (Å²) in [5, 5.41) is 8.62. The zero-order valence-corrected chi connectivity index (χ0v) is 15.9. The molecule has 1 N–H and O–H groups in total. The van der Waals surface area contributed by atoms with Crippen molar-refractivity contribution in [3.05, 3.63) is 65.0 Å². The Hall–Kier alpha value is -3.46. The lowest BCUT2D eigenvalue weighted by Crippen LogP contribution is -2.13. The molecule has 0 saturated heterocycles. The van der Waals surface area contributed by atoms with Crippen LogP contribution in [0, 0.1) is 0 Å². The maximum absolute atomic E-state index is 13.1. The molecule has 0 fully saturated rings. The van der Waals surface area contributed by atoms with Crippen LogP contribution in [0.3, 0.4) is 0 Å². The molecule has 34 heavy (non-hydrogen) atoms. The van der Waals surface area contributed by atoms with Gasteiger partial charge in [0.1, 0.15) is 6.33 Å². The summed E-state index contributed by atoms with van der Waals surface area (Å²) in [5.41, 5.74) is -8.51. The fourth-order valence-electron chi connectivity index (χ4n) is 2.74. The molecule has 0 aliphatic carbocycles. The molecule has 4 nitrogen and oxygen atoms in total. The molecule has 0 spiro atoms. The van der Waals surface area contributed by atoms with Crippen molar-refractivity contribution in [2.45, 2.75) is 24.7 Å². The number of nitrogens with one attached hydrogen (secondary N) is 1. The summed E-state index contributed by atoms with van der Waals surface area (Å²) >= 11 is 0. The van der Waals surface area contributed by atoms with E-state index in [1.807, 2.05) is 5.32 Å². The van der Waals surface area contributed by atoms with E-state index in [0.717, 1.165) is 0 Å². The van der Waals surface area contributed by atoms with E-state index in [9.17, 15) is 52.7 Å². The average molecular weight is 508 g/mol. The molecule has 0 unspecified atom stereocenters. The molecule has 0 saturated carbocycles. The van der Waals surface area contributed by atoms with Crippen LogP contribution >= 0.6 is 0 Å². The molecule has 184 valence electrons. The highest BCUT2D eigenvalue weighted by Crippen LogP contribution is 2.39. The minimum atomic E-state index is -5.21. The van der Waals surface area contributed by atoms with Gasteiger partial charge in [0.05, 0.1) is 27.9 Å². The van der Waals surface area contributed by atoms with Crippen LogP contribution in [0.1, 0.15) is 22.3 Å². The van der Waals surface area contributed by atoms with Crippen LogP contribution in [0.15, 0.2) is 42.7 Å². The Balaban J connectivity index is 2.12. The molecule has 1 aromatic heterocycles.